The van der Waals surface area contributed by atoms with Crippen LogP contribution in [0.4, 0.5) is 0 Å². The van der Waals surface area contributed by atoms with E-state index < -0.39 is 5.97 Å². The molecule has 1 N–H and O–H groups in total. The summed E-state index contributed by atoms with van der Waals surface area (Å²) in [6.07, 6.45) is 3.08. The number of aryl methyl sites for hydroxylation is 1. The summed E-state index contributed by atoms with van der Waals surface area (Å²) in [5, 5.41) is 8.68. The fourth-order valence-electron chi connectivity index (χ4n) is 1.15. The first-order chi connectivity index (χ1) is 6.18. The Hall–Kier alpha value is -1.91. The van der Waals surface area contributed by atoms with Gasteiger partial charge in [-0.15, -0.1) is 0 Å². The van der Waals surface area contributed by atoms with Gasteiger partial charge in [0.1, 0.15) is 11.2 Å². The molecule has 5 heteroatoms. The zero-order valence-corrected chi connectivity index (χ0v) is 6.93. The van der Waals surface area contributed by atoms with E-state index in [0.717, 1.165) is 5.52 Å². The number of carboxylic acids is 1. The lowest BCUT2D eigenvalue weighted by Gasteiger charge is -1.95. The van der Waals surface area contributed by atoms with Gasteiger partial charge < -0.3 is 9.67 Å². The summed E-state index contributed by atoms with van der Waals surface area (Å²) in [6.45, 7) is 0. The molecule has 0 bridgehead atoms. The van der Waals surface area contributed by atoms with Crippen molar-refractivity contribution in [1.82, 2.24) is 14.5 Å². The summed E-state index contributed by atoms with van der Waals surface area (Å²) in [4.78, 5) is 18.4. The van der Waals surface area contributed by atoms with Gasteiger partial charge in [-0.1, -0.05) is 0 Å². The van der Waals surface area contributed by atoms with Crippen molar-refractivity contribution in [1.29, 1.82) is 0 Å². The van der Waals surface area contributed by atoms with Crippen molar-refractivity contribution in [3.8, 4) is 0 Å². The summed E-state index contributed by atoms with van der Waals surface area (Å²) in [5.41, 5.74) is 1.51. The van der Waals surface area contributed by atoms with Crippen LogP contribution in [0.25, 0.3) is 11.0 Å². The standard InChI is InChI=1S/C8H7N3O2/c1-11-4-10-6-3-9-5(8(12)13)2-7(6)11/h2-4H,1H3,(H,12,13). The molecule has 0 radical (unpaired) electrons. The average molecular weight is 177 g/mol. The van der Waals surface area contributed by atoms with E-state index in [9.17, 15) is 4.79 Å². The lowest BCUT2D eigenvalue weighted by Crippen LogP contribution is -1.99. The van der Waals surface area contributed by atoms with Crippen molar-refractivity contribution in [2.24, 2.45) is 7.05 Å². The minimum absolute atomic E-state index is 0.0381. The molecule has 0 aliphatic carbocycles. The number of hydrogen-bond acceptors (Lipinski definition) is 3. The Labute approximate surface area is 73.7 Å². The monoisotopic (exact) mass is 177 g/mol. The number of nitrogens with zero attached hydrogens (tertiary/aromatic N) is 3. The van der Waals surface area contributed by atoms with Crippen LogP contribution in [-0.2, 0) is 7.05 Å². The highest BCUT2D eigenvalue weighted by molar-refractivity contribution is 5.89. The van der Waals surface area contributed by atoms with E-state index in [1.165, 1.54) is 12.3 Å². The molecule has 0 saturated heterocycles. The molecule has 2 rings (SSSR count). The summed E-state index contributed by atoms with van der Waals surface area (Å²) >= 11 is 0. The smallest absolute Gasteiger partial charge is 0.354 e. The van der Waals surface area contributed by atoms with Crippen LogP contribution >= 0.6 is 0 Å². The molecule has 2 aromatic rings. The number of hydrogen-bond donors (Lipinski definition) is 1. The zero-order chi connectivity index (χ0) is 9.42. The van der Waals surface area contributed by atoms with Crippen molar-refractivity contribution < 1.29 is 9.90 Å². The molecule has 0 aliphatic heterocycles. The van der Waals surface area contributed by atoms with Crippen molar-refractivity contribution in [2.45, 2.75) is 0 Å². The topological polar surface area (TPSA) is 68.0 Å². The highest BCUT2D eigenvalue weighted by Gasteiger charge is 2.07. The van der Waals surface area contributed by atoms with Gasteiger partial charge in [0.2, 0.25) is 0 Å². The summed E-state index contributed by atoms with van der Waals surface area (Å²) in [5.74, 6) is -1.02. The van der Waals surface area contributed by atoms with Crippen LogP contribution in [0.5, 0.6) is 0 Å². The summed E-state index contributed by atoms with van der Waals surface area (Å²) in [6, 6.07) is 1.50. The van der Waals surface area contributed by atoms with Gasteiger partial charge in [-0.3, -0.25) is 0 Å². The Balaban J connectivity index is 2.72. The molecule has 0 amide bonds. The van der Waals surface area contributed by atoms with Gasteiger partial charge in [0.15, 0.2) is 0 Å². The molecule has 0 spiro atoms. The average Bonchev–Trinajstić information content (AvgIpc) is 2.47. The van der Waals surface area contributed by atoms with Crippen LogP contribution in [0, 0.1) is 0 Å². The normalized spacial score (nSPS) is 10.5. The van der Waals surface area contributed by atoms with Crippen LogP contribution in [0.2, 0.25) is 0 Å². The number of rotatable bonds is 1. The molecular formula is C8H7N3O2. The maximum atomic E-state index is 10.6. The molecule has 0 fully saturated rings. The van der Waals surface area contributed by atoms with E-state index >= 15 is 0 Å². The van der Waals surface area contributed by atoms with Crippen LogP contribution in [0.1, 0.15) is 10.5 Å². The summed E-state index contributed by atoms with van der Waals surface area (Å²) < 4.78 is 1.75. The SMILES string of the molecule is Cn1cnc2cnc(C(=O)O)cc21. The largest absolute Gasteiger partial charge is 0.477 e. The van der Waals surface area contributed by atoms with E-state index in [1.807, 2.05) is 0 Å². The summed E-state index contributed by atoms with van der Waals surface area (Å²) in [7, 11) is 1.81. The van der Waals surface area contributed by atoms with Gasteiger partial charge in [0.25, 0.3) is 0 Å². The van der Waals surface area contributed by atoms with Gasteiger partial charge in [0.05, 0.1) is 18.0 Å². The number of aromatic carboxylic acids is 1. The quantitative estimate of drug-likeness (QED) is 0.695. The molecule has 2 aromatic heterocycles. The molecule has 0 aliphatic rings. The Morgan fingerprint density at radius 3 is 3.00 bits per heavy atom. The van der Waals surface area contributed by atoms with Gasteiger partial charge in [-0.05, 0) is 6.07 Å². The molecule has 0 aromatic carbocycles. The number of carbonyl (C=O) groups is 1. The minimum atomic E-state index is -1.02. The van der Waals surface area contributed by atoms with Gasteiger partial charge in [-0.25, -0.2) is 14.8 Å². The van der Waals surface area contributed by atoms with Crippen molar-refractivity contribution in [2.75, 3.05) is 0 Å². The minimum Gasteiger partial charge on any atom is -0.477 e. The van der Waals surface area contributed by atoms with E-state index in [2.05, 4.69) is 9.97 Å². The number of imidazole rings is 1. The molecule has 0 unspecified atom stereocenters. The Bertz CT molecular complexity index is 475. The van der Waals surface area contributed by atoms with Gasteiger partial charge in [-0.2, -0.15) is 0 Å². The highest BCUT2D eigenvalue weighted by atomic mass is 16.4. The number of pyridine rings is 1. The molecule has 2 heterocycles. The molecule has 13 heavy (non-hydrogen) atoms. The van der Waals surface area contributed by atoms with E-state index in [4.69, 9.17) is 5.11 Å². The van der Waals surface area contributed by atoms with Crippen molar-refractivity contribution in [3.63, 3.8) is 0 Å². The van der Waals surface area contributed by atoms with E-state index in [-0.39, 0.29) is 5.69 Å². The second-order valence-corrected chi connectivity index (χ2v) is 2.72. The molecule has 0 atom stereocenters. The second-order valence-electron chi connectivity index (χ2n) is 2.72. The highest BCUT2D eigenvalue weighted by Crippen LogP contribution is 2.10. The third-order valence-corrected chi connectivity index (χ3v) is 1.83. The number of carboxylic acid groups (broad SMARTS) is 1. The van der Waals surface area contributed by atoms with Gasteiger partial charge in [0, 0.05) is 7.05 Å². The van der Waals surface area contributed by atoms with Gasteiger partial charge >= 0.3 is 5.97 Å². The van der Waals surface area contributed by atoms with Crippen molar-refractivity contribution >= 4 is 17.0 Å². The van der Waals surface area contributed by atoms with E-state index in [0.29, 0.717) is 5.52 Å². The molecule has 5 nitrogen and oxygen atoms in total. The lowest BCUT2D eigenvalue weighted by molar-refractivity contribution is 0.0690. The number of fused-ring (bicyclic) bond motifs is 1. The lowest BCUT2D eigenvalue weighted by atomic mass is 10.3. The predicted octanol–water partition coefficient (Wildman–Crippen LogP) is 0.666. The third-order valence-electron chi connectivity index (χ3n) is 1.83. The maximum Gasteiger partial charge on any atom is 0.354 e. The van der Waals surface area contributed by atoms with Crippen LogP contribution in [0.3, 0.4) is 0 Å². The van der Waals surface area contributed by atoms with Crippen molar-refractivity contribution in [3.05, 3.63) is 24.3 Å². The maximum absolute atomic E-state index is 10.6. The first kappa shape index (κ1) is 7.72. The Morgan fingerprint density at radius 2 is 2.31 bits per heavy atom. The molecular weight excluding hydrogens is 170 g/mol. The fraction of sp³-hybridized carbons (Fsp3) is 0.125. The Kier molecular flexibility index (Phi) is 1.51. The predicted molar refractivity (Wildman–Crippen MR) is 45.5 cm³/mol. The van der Waals surface area contributed by atoms with Crippen LogP contribution < -0.4 is 0 Å². The molecule has 0 saturated carbocycles. The van der Waals surface area contributed by atoms with E-state index in [1.54, 1.807) is 17.9 Å². The van der Waals surface area contributed by atoms with Crippen LogP contribution in [0.15, 0.2) is 18.6 Å². The molecule has 66 valence electrons. The second kappa shape index (κ2) is 2.55. The first-order valence-electron chi connectivity index (χ1n) is 3.69. The Morgan fingerprint density at radius 1 is 1.54 bits per heavy atom. The number of aromatic nitrogens is 3. The zero-order valence-electron chi connectivity index (χ0n) is 6.93. The fourth-order valence-corrected chi connectivity index (χ4v) is 1.15. The third kappa shape index (κ3) is 1.14. The van der Waals surface area contributed by atoms with Crippen LogP contribution in [-0.4, -0.2) is 25.6 Å². The first-order valence-corrected chi connectivity index (χ1v) is 3.69.